The van der Waals surface area contributed by atoms with Gasteiger partial charge in [-0.25, -0.2) is 9.78 Å². The quantitative estimate of drug-likeness (QED) is 0.614. The Labute approximate surface area is 149 Å². The van der Waals surface area contributed by atoms with Gasteiger partial charge >= 0.3 is 11.8 Å². The summed E-state index contributed by atoms with van der Waals surface area (Å²) in [5.41, 5.74) is 5.26. The summed E-state index contributed by atoms with van der Waals surface area (Å²) in [6.07, 6.45) is 1.35. The van der Waals surface area contributed by atoms with Gasteiger partial charge in [0.2, 0.25) is 5.65 Å². The summed E-state index contributed by atoms with van der Waals surface area (Å²) < 4.78 is 6.49. The lowest BCUT2D eigenvalue weighted by molar-refractivity contribution is -0.383. The van der Waals surface area contributed by atoms with Gasteiger partial charge in [-0.1, -0.05) is 0 Å². The number of nitrogen functional groups attached to an aromatic ring is 1. The Kier molecular flexibility index (Phi) is 4.30. The number of nitrogens with zero attached hydrogens (tertiary/aromatic N) is 5. The first-order chi connectivity index (χ1) is 12.1. The topological polar surface area (TPSA) is 141 Å². The van der Waals surface area contributed by atoms with Crippen LogP contribution in [0, 0.1) is 10.1 Å². The molecule has 2 aromatic rings. The van der Waals surface area contributed by atoms with Crippen LogP contribution in [0.15, 0.2) is 12.3 Å². The molecular weight excluding hydrogens is 342 g/mol. The molecule has 11 nitrogen and oxygen atoms in total. The third kappa shape index (κ3) is 3.60. The molecule has 1 saturated heterocycles. The molecule has 11 heteroatoms. The van der Waals surface area contributed by atoms with E-state index in [0.29, 0.717) is 25.3 Å². The van der Waals surface area contributed by atoms with E-state index in [-0.39, 0.29) is 23.2 Å². The lowest BCUT2D eigenvalue weighted by Gasteiger charge is -2.22. The minimum atomic E-state index is -0.565. The summed E-state index contributed by atoms with van der Waals surface area (Å²) in [7, 11) is 0. The van der Waals surface area contributed by atoms with E-state index in [1.165, 1.54) is 4.52 Å². The van der Waals surface area contributed by atoms with Crippen molar-refractivity contribution in [1.29, 1.82) is 0 Å². The maximum Gasteiger partial charge on any atom is 0.407 e. The minimum Gasteiger partial charge on any atom is -0.444 e. The summed E-state index contributed by atoms with van der Waals surface area (Å²) in [6.45, 7) is 6.53. The van der Waals surface area contributed by atoms with Crippen molar-refractivity contribution in [3.05, 3.63) is 22.4 Å². The fourth-order valence-corrected chi connectivity index (χ4v) is 2.81. The van der Waals surface area contributed by atoms with E-state index in [9.17, 15) is 14.9 Å². The largest absolute Gasteiger partial charge is 0.444 e. The van der Waals surface area contributed by atoms with Crippen LogP contribution >= 0.6 is 0 Å². The van der Waals surface area contributed by atoms with Crippen molar-refractivity contribution in [2.45, 2.75) is 38.8 Å². The number of aromatic nitrogens is 3. The number of rotatable bonds is 3. The third-order valence-corrected chi connectivity index (χ3v) is 3.90. The van der Waals surface area contributed by atoms with Gasteiger partial charge in [0.25, 0.3) is 0 Å². The summed E-state index contributed by atoms with van der Waals surface area (Å²) in [6, 6.07) is 1.50. The second-order valence-electron chi connectivity index (χ2n) is 7.14. The van der Waals surface area contributed by atoms with Crippen LogP contribution in [0.5, 0.6) is 0 Å². The molecule has 0 radical (unpaired) electrons. The SMILES string of the molecule is CC(C)(C)OC(=O)N[C@H]1CCN(c2cc(N)n3ncc([N+](=O)[O-])c3n2)C1. The molecular formula is C15H21N7O4. The number of hydrogen-bond donors (Lipinski definition) is 2. The number of amides is 1. The normalized spacial score (nSPS) is 17.5. The van der Waals surface area contributed by atoms with Crippen molar-refractivity contribution >= 4 is 29.1 Å². The highest BCUT2D eigenvalue weighted by atomic mass is 16.6. The van der Waals surface area contributed by atoms with Crippen molar-refractivity contribution in [3.63, 3.8) is 0 Å². The number of nitro groups is 1. The van der Waals surface area contributed by atoms with Gasteiger partial charge in [-0.2, -0.15) is 9.61 Å². The van der Waals surface area contributed by atoms with E-state index >= 15 is 0 Å². The van der Waals surface area contributed by atoms with E-state index in [2.05, 4.69) is 15.4 Å². The second-order valence-corrected chi connectivity index (χ2v) is 7.14. The van der Waals surface area contributed by atoms with Crippen molar-refractivity contribution < 1.29 is 14.5 Å². The Morgan fingerprint density at radius 2 is 2.23 bits per heavy atom. The Balaban J connectivity index is 1.75. The highest BCUT2D eigenvalue weighted by molar-refractivity contribution is 5.69. The average Bonchev–Trinajstić information content (AvgIpc) is 3.11. The van der Waals surface area contributed by atoms with Gasteiger partial charge in [0, 0.05) is 19.2 Å². The molecule has 1 amide bonds. The predicted octanol–water partition coefficient (Wildman–Crippen LogP) is 1.32. The molecule has 0 unspecified atom stereocenters. The predicted molar refractivity (Wildman–Crippen MR) is 94.0 cm³/mol. The monoisotopic (exact) mass is 363 g/mol. The number of nitrogens with one attached hydrogen (secondary N) is 1. The molecule has 0 bridgehead atoms. The number of nitrogens with two attached hydrogens (primary N) is 1. The van der Waals surface area contributed by atoms with Gasteiger partial charge in [-0.15, -0.1) is 0 Å². The summed E-state index contributed by atoms with van der Waals surface area (Å²) in [5.74, 6) is 0.758. The number of ether oxygens (including phenoxy) is 1. The van der Waals surface area contributed by atoms with Crippen LogP contribution in [0.2, 0.25) is 0 Å². The lowest BCUT2D eigenvalue weighted by Crippen LogP contribution is -2.40. The highest BCUT2D eigenvalue weighted by Crippen LogP contribution is 2.26. The van der Waals surface area contributed by atoms with E-state index in [4.69, 9.17) is 10.5 Å². The van der Waals surface area contributed by atoms with Crippen LogP contribution in [-0.4, -0.2) is 50.3 Å². The van der Waals surface area contributed by atoms with E-state index < -0.39 is 16.6 Å². The molecule has 1 fully saturated rings. The van der Waals surface area contributed by atoms with Crippen LogP contribution in [-0.2, 0) is 4.74 Å². The molecule has 3 heterocycles. The van der Waals surface area contributed by atoms with Crippen LogP contribution in [0.1, 0.15) is 27.2 Å². The van der Waals surface area contributed by atoms with E-state index in [1.54, 1.807) is 26.8 Å². The van der Waals surface area contributed by atoms with Gasteiger partial charge in [0.1, 0.15) is 23.4 Å². The lowest BCUT2D eigenvalue weighted by atomic mass is 10.2. The Hall–Kier alpha value is -3.11. The molecule has 0 spiro atoms. The Bertz CT molecular complexity index is 858. The van der Waals surface area contributed by atoms with Crippen LogP contribution < -0.4 is 16.0 Å². The Morgan fingerprint density at radius 1 is 1.50 bits per heavy atom. The van der Waals surface area contributed by atoms with Gasteiger partial charge in [0.05, 0.1) is 11.0 Å². The number of hydrogen-bond acceptors (Lipinski definition) is 8. The van der Waals surface area contributed by atoms with Gasteiger partial charge in [-0.05, 0) is 27.2 Å². The summed E-state index contributed by atoms with van der Waals surface area (Å²) in [4.78, 5) is 28.7. The fraction of sp³-hybridized carbons (Fsp3) is 0.533. The zero-order valence-electron chi connectivity index (χ0n) is 14.8. The zero-order valence-corrected chi connectivity index (χ0v) is 14.8. The summed E-state index contributed by atoms with van der Waals surface area (Å²) in [5, 5.41) is 17.8. The van der Waals surface area contributed by atoms with Crippen molar-refractivity contribution in [2.75, 3.05) is 23.7 Å². The number of alkyl carbamates (subject to hydrolysis) is 1. The van der Waals surface area contributed by atoms with Crippen LogP contribution in [0.3, 0.4) is 0 Å². The molecule has 1 aliphatic rings. The van der Waals surface area contributed by atoms with Crippen molar-refractivity contribution in [3.8, 4) is 0 Å². The van der Waals surface area contributed by atoms with Gasteiger partial charge in [-0.3, -0.25) is 10.1 Å². The van der Waals surface area contributed by atoms with Gasteiger partial charge < -0.3 is 20.7 Å². The van der Waals surface area contributed by atoms with Crippen molar-refractivity contribution in [1.82, 2.24) is 19.9 Å². The average molecular weight is 363 g/mol. The number of anilines is 2. The number of carbonyl (C=O) groups excluding carboxylic acids is 1. The zero-order chi connectivity index (χ0) is 19.1. The molecule has 26 heavy (non-hydrogen) atoms. The number of fused-ring (bicyclic) bond motifs is 1. The first-order valence-electron chi connectivity index (χ1n) is 8.17. The minimum absolute atomic E-state index is 0.0913. The molecule has 3 N–H and O–H groups in total. The van der Waals surface area contributed by atoms with Crippen LogP contribution in [0.4, 0.5) is 22.1 Å². The highest BCUT2D eigenvalue weighted by Gasteiger charge is 2.28. The maximum absolute atomic E-state index is 11.9. The van der Waals surface area contributed by atoms with Crippen LogP contribution in [0.25, 0.3) is 5.65 Å². The molecule has 1 atom stereocenters. The van der Waals surface area contributed by atoms with Gasteiger partial charge in [0.15, 0.2) is 0 Å². The number of carbonyl (C=O) groups is 1. The third-order valence-electron chi connectivity index (χ3n) is 3.90. The molecule has 1 aliphatic heterocycles. The molecule has 2 aromatic heterocycles. The maximum atomic E-state index is 11.9. The Morgan fingerprint density at radius 3 is 2.88 bits per heavy atom. The smallest absolute Gasteiger partial charge is 0.407 e. The standard InChI is InChI=1S/C15H21N7O4/c1-15(2,3)26-14(23)18-9-4-5-20(8-9)12-6-11(16)21-13(19-12)10(7-17-21)22(24)25/h6-7,9H,4-5,8,16H2,1-3H3,(H,18,23)/t9-/m0/s1. The molecule has 0 aromatic carbocycles. The van der Waals surface area contributed by atoms with E-state index in [1.807, 2.05) is 4.90 Å². The first kappa shape index (κ1) is 17.7. The molecule has 3 rings (SSSR count). The molecule has 0 aliphatic carbocycles. The fourth-order valence-electron chi connectivity index (χ4n) is 2.81. The van der Waals surface area contributed by atoms with Crippen molar-refractivity contribution in [2.24, 2.45) is 0 Å². The first-order valence-corrected chi connectivity index (χ1v) is 8.17. The van der Waals surface area contributed by atoms with E-state index in [0.717, 1.165) is 6.20 Å². The second kappa shape index (κ2) is 6.32. The molecule has 0 saturated carbocycles. The summed E-state index contributed by atoms with van der Waals surface area (Å²) >= 11 is 0. The molecule has 140 valence electrons.